The molecule has 0 aliphatic heterocycles. The molecular weight excluding hydrogens is 239 g/mol. The van der Waals surface area contributed by atoms with Gasteiger partial charge in [0.15, 0.2) is 0 Å². The highest BCUT2D eigenvalue weighted by Crippen LogP contribution is 2.36. The van der Waals surface area contributed by atoms with E-state index in [0.29, 0.717) is 6.42 Å². The van der Waals surface area contributed by atoms with E-state index in [9.17, 15) is 13.2 Å². The van der Waals surface area contributed by atoms with Crippen molar-refractivity contribution in [3.63, 3.8) is 0 Å². The SMILES string of the molecule is NC(CO)Cc1ccc(SC(F)(F)F)cc1. The summed E-state index contributed by atoms with van der Waals surface area (Å²) in [5.41, 5.74) is 2.06. The zero-order valence-corrected chi connectivity index (χ0v) is 9.18. The first kappa shape index (κ1) is 13.3. The predicted octanol–water partition coefficient (Wildman–Crippen LogP) is 2.16. The van der Waals surface area contributed by atoms with Crippen LogP contribution in [-0.2, 0) is 6.42 Å². The molecule has 0 saturated carbocycles. The minimum atomic E-state index is -4.26. The molecule has 1 aromatic carbocycles. The smallest absolute Gasteiger partial charge is 0.395 e. The van der Waals surface area contributed by atoms with Crippen molar-refractivity contribution < 1.29 is 18.3 Å². The van der Waals surface area contributed by atoms with E-state index < -0.39 is 5.51 Å². The van der Waals surface area contributed by atoms with Crippen molar-refractivity contribution in [1.82, 2.24) is 0 Å². The van der Waals surface area contributed by atoms with Crippen molar-refractivity contribution in [2.45, 2.75) is 22.9 Å². The van der Waals surface area contributed by atoms with Gasteiger partial charge in [0, 0.05) is 10.9 Å². The van der Waals surface area contributed by atoms with Crippen LogP contribution in [0.4, 0.5) is 13.2 Å². The zero-order chi connectivity index (χ0) is 12.2. The molecule has 0 radical (unpaired) electrons. The van der Waals surface area contributed by atoms with Crippen molar-refractivity contribution in [2.75, 3.05) is 6.61 Å². The van der Waals surface area contributed by atoms with E-state index in [1.54, 1.807) is 12.1 Å². The van der Waals surface area contributed by atoms with Crippen LogP contribution in [0.15, 0.2) is 29.2 Å². The van der Waals surface area contributed by atoms with Crippen molar-refractivity contribution in [2.24, 2.45) is 5.73 Å². The minimum absolute atomic E-state index is 0.140. The summed E-state index contributed by atoms with van der Waals surface area (Å²) in [7, 11) is 0. The number of alkyl halides is 3. The maximum absolute atomic E-state index is 12.0. The summed E-state index contributed by atoms with van der Waals surface area (Å²) in [6, 6.07) is 5.60. The molecule has 3 N–H and O–H groups in total. The van der Waals surface area contributed by atoms with Gasteiger partial charge in [-0.25, -0.2) is 0 Å². The molecule has 0 spiro atoms. The summed E-state index contributed by atoms with van der Waals surface area (Å²) >= 11 is -0.147. The molecule has 0 saturated heterocycles. The highest BCUT2D eigenvalue weighted by Gasteiger charge is 2.28. The number of hydrogen-bond acceptors (Lipinski definition) is 3. The fourth-order valence-corrected chi connectivity index (χ4v) is 1.73. The average Bonchev–Trinajstić information content (AvgIpc) is 2.18. The zero-order valence-electron chi connectivity index (χ0n) is 8.37. The van der Waals surface area contributed by atoms with Gasteiger partial charge in [0.05, 0.1) is 6.61 Å². The Morgan fingerprint density at radius 2 is 1.81 bits per heavy atom. The Hall–Kier alpha value is -0.720. The van der Waals surface area contributed by atoms with Gasteiger partial charge in [0.2, 0.25) is 0 Å². The van der Waals surface area contributed by atoms with Gasteiger partial charge in [-0.3, -0.25) is 0 Å². The Morgan fingerprint density at radius 3 is 2.25 bits per heavy atom. The number of rotatable bonds is 4. The fraction of sp³-hybridized carbons (Fsp3) is 0.400. The van der Waals surface area contributed by atoms with Gasteiger partial charge in [0.1, 0.15) is 0 Å². The summed E-state index contributed by atoms with van der Waals surface area (Å²) in [5, 5.41) is 8.73. The Labute approximate surface area is 95.6 Å². The van der Waals surface area contributed by atoms with Gasteiger partial charge in [-0.05, 0) is 35.9 Å². The van der Waals surface area contributed by atoms with Gasteiger partial charge in [-0.2, -0.15) is 13.2 Å². The number of halogens is 3. The lowest BCUT2D eigenvalue weighted by atomic mass is 10.1. The summed E-state index contributed by atoms with van der Waals surface area (Å²) in [6.45, 7) is -0.140. The fourth-order valence-electron chi connectivity index (χ4n) is 1.19. The molecule has 16 heavy (non-hydrogen) atoms. The van der Waals surface area contributed by atoms with Crippen molar-refractivity contribution >= 4 is 11.8 Å². The maximum Gasteiger partial charge on any atom is 0.446 e. The second kappa shape index (κ2) is 5.56. The van der Waals surface area contributed by atoms with Crippen LogP contribution < -0.4 is 5.73 Å². The Bertz CT molecular complexity index is 326. The van der Waals surface area contributed by atoms with Gasteiger partial charge < -0.3 is 10.8 Å². The molecule has 0 fully saturated rings. The summed E-state index contributed by atoms with van der Waals surface area (Å²) in [5.74, 6) is 0. The topological polar surface area (TPSA) is 46.2 Å². The molecule has 6 heteroatoms. The van der Waals surface area contributed by atoms with E-state index in [4.69, 9.17) is 10.8 Å². The van der Waals surface area contributed by atoms with Crippen LogP contribution >= 0.6 is 11.8 Å². The highest BCUT2D eigenvalue weighted by atomic mass is 32.2. The monoisotopic (exact) mass is 251 g/mol. The van der Waals surface area contributed by atoms with Crippen molar-refractivity contribution in [3.05, 3.63) is 29.8 Å². The van der Waals surface area contributed by atoms with E-state index >= 15 is 0 Å². The first-order chi connectivity index (χ1) is 7.40. The number of thioether (sulfide) groups is 1. The number of benzene rings is 1. The Balaban J connectivity index is 2.61. The molecule has 1 aromatic rings. The van der Waals surface area contributed by atoms with Gasteiger partial charge in [-0.1, -0.05) is 12.1 Å². The van der Waals surface area contributed by atoms with Crippen LogP contribution in [0, 0.1) is 0 Å². The first-order valence-corrected chi connectivity index (χ1v) is 5.43. The molecule has 90 valence electrons. The van der Waals surface area contributed by atoms with Crippen LogP contribution in [0.25, 0.3) is 0 Å². The third-order valence-electron chi connectivity index (χ3n) is 1.89. The van der Waals surface area contributed by atoms with Crippen LogP contribution in [-0.4, -0.2) is 23.3 Å². The van der Waals surface area contributed by atoms with E-state index in [1.807, 2.05) is 0 Å². The van der Waals surface area contributed by atoms with Crippen molar-refractivity contribution in [1.29, 1.82) is 0 Å². The lowest BCUT2D eigenvalue weighted by Crippen LogP contribution is -2.26. The van der Waals surface area contributed by atoms with Crippen LogP contribution in [0.1, 0.15) is 5.56 Å². The number of hydrogen-bond donors (Lipinski definition) is 2. The van der Waals surface area contributed by atoms with Crippen molar-refractivity contribution in [3.8, 4) is 0 Å². The molecule has 1 unspecified atom stereocenters. The average molecular weight is 251 g/mol. The van der Waals surface area contributed by atoms with E-state index in [2.05, 4.69) is 0 Å². The third kappa shape index (κ3) is 4.87. The molecule has 0 aromatic heterocycles. The summed E-state index contributed by atoms with van der Waals surface area (Å²) < 4.78 is 36.0. The third-order valence-corrected chi connectivity index (χ3v) is 2.63. The van der Waals surface area contributed by atoms with Crippen LogP contribution in [0.3, 0.4) is 0 Å². The first-order valence-electron chi connectivity index (χ1n) is 4.62. The summed E-state index contributed by atoms with van der Waals surface area (Å²) in [4.78, 5) is 0.147. The molecule has 2 nitrogen and oxygen atoms in total. The highest BCUT2D eigenvalue weighted by molar-refractivity contribution is 8.00. The second-order valence-electron chi connectivity index (χ2n) is 3.34. The molecule has 0 bridgehead atoms. The second-order valence-corrected chi connectivity index (χ2v) is 4.48. The molecule has 0 amide bonds. The van der Waals surface area contributed by atoms with E-state index in [1.165, 1.54) is 12.1 Å². The quantitative estimate of drug-likeness (QED) is 0.806. The molecule has 0 aliphatic carbocycles. The van der Waals surface area contributed by atoms with Crippen LogP contribution in [0.5, 0.6) is 0 Å². The molecule has 0 heterocycles. The van der Waals surface area contributed by atoms with Gasteiger partial charge in [-0.15, -0.1) is 0 Å². The van der Waals surface area contributed by atoms with E-state index in [0.717, 1.165) is 5.56 Å². The van der Waals surface area contributed by atoms with Gasteiger partial charge in [0.25, 0.3) is 0 Å². The lowest BCUT2D eigenvalue weighted by molar-refractivity contribution is -0.0328. The number of aliphatic hydroxyl groups excluding tert-OH is 1. The summed E-state index contributed by atoms with van der Waals surface area (Å²) in [6.07, 6.45) is 0.452. The molecule has 1 rings (SSSR count). The van der Waals surface area contributed by atoms with Crippen LogP contribution in [0.2, 0.25) is 0 Å². The maximum atomic E-state index is 12.0. The number of aliphatic hydroxyl groups is 1. The Kier molecular flexibility index (Phi) is 4.64. The number of nitrogens with two attached hydrogens (primary N) is 1. The Morgan fingerprint density at radius 1 is 1.25 bits per heavy atom. The largest absolute Gasteiger partial charge is 0.446 e. The minimum Gasteiger partial charge on any atom is -0.395 e. The molecule has 0 aliphatic rings. The predicted molar refractivity (Wildman–Crippen MR) is 57.1 cm³/mol. The molecular formula is C10H12F3NOS. The van der Waals surface area contributed by atoms with Gasteiger partial charge >= 0.3 is 5.51 Å². The van der Waals surface area contributed by atoms with E-state index in [-0.39, 0.29) is 29.3 Å². The lowest BCUT2D eigenvalue weighted by Gasteiger charge is -2.09. The standard InChI is InChI=1S/C10H12F3NOS/c11-10(12,13)16-9-3-1-7(2-4-9)5-8(14)6-15/h1-4,8,15H,5-6,14H2. The normalized spacial score (nSPS) is 13.8. The molecule has 1 atom stereocenters.